The molecule has 8 nitrogen and oxygen atoms in total. The molecule has 0 spiro atoms. The van der Waals surface area contributed by atoms with Gasteiger partial charge in [0.2, 0.25) is 6.23 Å². The summed E-state index contributed by atoms with van der Waals surface area (Å²) in [5.74, 6) is -3.22. The van der Waals surface area contributed by atoms with Gasteiger partial charge < -0.3 is 15.8 Å². The minimum absolute atomic E-state index is 0.0166. The van der Waals surface area contributed by atoms with Crippen molar-refractivity contribution in [1.82, 2.24) is 19.4 Å². The van der Waals surface area contributed by atoms with E-state index in [-0.39, 0.29) is 11.9 Å². The normalized spacial score (nSPS) is 24.6. The van der Waals surface area contributed by atoms with Gasteiger partial charge in [-0.05, 0) is 36.4 Å². The maximum absolute atomic E-state index is 14.9. The highest BCUT2D eigenvalue weighted by Crippen LogP contribution is 2.44. The van der Waals surface area contributed by atoms with Crippen LogP contribution in [0.2, 0.25) is 0 Å². The monoisotopic (exact) mass is 494 g/mol. The predicted molar refractivity (Wildman–Crippen MR) is 124 cm³/mol. The van der Waals surface area contributed by atoms with Gasteiger partial charge in [-0.25, -0.2) is 18.6 Å². The Kier molecular flexibility index (Phi) is 5.93. The van der Waals surface area contributed by atoms with Crippen molar-refractivity contribution < 1.29 is 13.5 Å². The van der Waals surface area contributed by atoms with Crippen LogP contribution in [-0.2, 0) is 11.2 Å². The van der Waals surface area contributed by atoms with Crippen LogP contribution >= 0.6 is 22.7 Å². The average molecular weight is 495 g/mol. The standard InChI is InChI=1S/C21H24F2N6O2S2/c1-2-25-19-26-14(11-33-19)17-13-5-8-32-15(13)3-6-28(17)10-12-9-21(22,23)18(31-12)29-7-4-16(24)27-20(29)30/h4-5,7-8,11-12,17-18H,2-3,6,9-10H2,1H3,(H,25,26)(H2,24,27,30)/t12?,17?,18-/m1/s1. The molecule has 2 aliphatic rings. The number of nitrogens with two attached hydrogens (primary N) is 1. The quantitative estimate of drug-likeness (QED) is 0.542. The summed E-state index contributed by atoms with van der Waals surface area (Å²) in [4.78, 5) is 23.9. The van der Waals surface area contributed by atoms with Crippen LogP contribution in [-0.4, -0.2) is 51.1 Å². The third kappa shape index (κ3) is 4.27. The Labute approximate surface area is 197 Å². The van der Waals surface area contributed by atoms with Gasteiger partial charge in [0.05, 0.1) is 17.8 Å². The predicted octanol–water partition coefficient (Wildman–Crippen LogP) is 3.35. The summed E-state index contributed by atoms with van der Waals surface area (Å²) in [6, 6.07) is 3.29. The zero-order chi connectivity index (χ0) is 23.2. The van der Waals surface area contributed by atoms with Crippen molar-refractivity contribution in [2.45, 2.75) is 44.1 Å². The maximum atomic E-state index is 14.9. The molecule has 5 rings (SSSR count). The molecule has 2 aliphatic heterocycles. The number of ether oxygens (including phenoxy) is 1. The number of nitrogens with one attached hydrogen (secondary N) is 1. The highest BCUT2D eigenvalue weighted by molar-refractivity contribution is 7.13. The summed E-state index contributed by atoms with van der Waals surface area (Å²) < 4.78 is 36.4. The van der Waals surface area contributed by atoms with Gasteiger partial charge in [0, 0.05) is 42.5 Å². The lowest BCUT2D eigenvalue weighted by atomic mass is 9.97. The van der Waals surface area contributed by atoms with E-state index in [0.29, 0.717) is 13.1 Å². The molecule has 0 aliphatic carbocycles. The molecular formula is C21H24F2N6O2S2. The molecule has 1 saturated heterocycles. The first-order chi connectivity index (χ1) is 15.9. The summed E-state index contributed by atoms with van der Waals surface area (Å²) in [5, 5.41) is 8.17. The number of hydrogen-bond donors (Lipinski definition) is 2. The van der Waals surface area contributed by atoms with E-state index in [1.807, 2.05) is 12.3 Å². The van der Waals surface area contributed by atoms with Crippen LogP contribution < -0.4 is 16.7 Å². The smallest absolute Gasteiger partial charge is 0.351 e. The van der Waals surface area contributed by atoms with Gasteiger partial charge in [-0.2, -0.15) is 4.98 Å². The van der Waals surface area contributed by atoms with E-state index in [2.05, 4.69) is 26.6 Å². The Morgan fingerprint density at radius 3 is 2.97 bits per heavy atom. The van der Waals surface area contributed by atoms with Crippen LogP contribution in [0.3, 0.4) is 0 Å². The summed E-state index contributed by atoms with van der Waals surface area (Å²) in [7, 11) is 0. The highest BCUT2D eigenvalue weighted by Gasteiger charge is 2.52. The topological polar surface area (TPSA) is 98.3 Å². The van der Waals surface area contributed by atoms with Crippen molar-refractivity contribution in [3.05, 3.63) is 55.7 Å². The number of thiazole rings is 1. The molecule has 3 atom stereocenters. The molecule has 3 N–H and O–H groups in total. The lowest BCUT2D eigenvalue weighted by Crippen LogP contribution is -2.40. The average Bonchev–Trinajstić information content (AvgIpc) is 3.47. The van der Waals surface area contributed by atoms with Crippen LogP contribution in [0.1, 0.15) is 41.7 Å². The molecular weight excluding hydrogens is 470 g/mol. The number of alkyl halides is 2. The van der Waals surface area contributed by atoms with Crippen LogP contribution in [0.4, 0.5) is 19.7 Å². The van der Waals surface area contributed by atoms with E-state index in [0.717, 1.165) is 28.4 Å². The van der Waals surface area contributed by atoms with Gasteiger partial charge >= 0.3 is 5.69 Å². The fraction of sp³-hybridized carbons (Fsp3) is 0.476. The Morgan fingerprint density at radius 1 is 1.33 bits per heavy atom. The van der Waals surface area contributed by atoms with E-state index in [1.165, 1.54) is 34.0 Å². The third-order valence-corrected chi connectivity index (χ3v) is 7.74. The number of nitrogen functional groups attached to an aromatic ring is 1. The summed E-state index contributed by atoms with van der Waals surface area (Å²) in [6.07, 6.45) is -0.869. The second-order valence-electron chi connectivity index (χ2n) is 8.17. The number of thiophene rings is 1. The van der Waals surface area contributed by atoms with E-state index in [9.17, 15) is 13.6 Å². The summed E-state index contributed by atoms with van der Waals surface area (Å²) >= 11 is 3.25. The van der Waals surface area contributed by atoms with Crippen molar-refractivity contribution in [3.63, 3.8) is 0 Å². The number of anilines is 2. The molecule has 5 heterocycles. The largest absolute Gasteiger partial charge is 0.383 e. The van der Waals surface area contributed by atoms with Crippen LogP contribution in [0, 0.1) is 0 Å². The van der Waals surface area contributed by atoms with Crippen molar-refractivity contribution in [2.24, 2.45) is 0 Å². The molecule has 12 heteroatoms. The van der Waals surface area contributed by atoms with Crippen molar-refractivity contribution in [3.8, 4) is 0 Å². The molecule has 0 aromatic carbocycles. The molecule has 0 bridgehead atoms. The lowest BCUT2D eigenvalue weighted by molar-refractivity contribution is -0.119. The van der Waals surface area contributed by atoms with E-state index in [1.54, 1.807) is 11.3 Å². The van der Waals surface area contributed by atoms with Crippen LogP contribution in [0.5, 0.6) is 0 Å². The number of fused-ring (bicyclic) bond motifs is 1. The molecule has 0 saturated carbocycles. The number of aromatic nitrogens is 3. The van der Waals surface area contributed by atoms with Gasteiger partial charge in [0.1, 0.15) is 5.82 Å². The molecule has 3 aromatic heterocycles. The molecule has 0 amide bonds. The fourth-order valence-corrected chi connectivity index (χ4v) is 6.24. The first-order valence-electron chi connectivity index (χ1n) is 10.7. The molecule has 2 unspecified atom stereocenters. The van der Waals surface area contributed by atoms with Gasteiger partial charge in [-0.1, -0.05) is 0 Å². The SMILES string of the molecule is CCNc1nc(C2c3ccsc3CCN2CC2CC(F)(F)[C@H](n3ccc(N)nc3=O)O2)cs1. The third-order valence-electron chi connectivity index (χ3n) is 5.92. The molecule has 33 heavy (non-hydrogen) atoms. The van der Waals surface area contributed by atoms with Gasteiger partial charge in [-0.3, -0.25) is 9.47 Å². The Morgan fingerprint density at radius 2 is 2.18 bits per heavy atom. The molecule has 1 fully saturated rings. The molecule has 0 radical (unpaired) electrons. The minimum Gasteiger partial charge on any atom is -0.383 e. The second-order valence-corrected chi connectivity index (χ2v) is 10.0. The Hall–Kier alpha value is -2.41. The first-order valence-corrected chi connectivity index (χ1v) is 12.5. The van der Waals surface area contributed by atoms with Crippen LogP contribution in [0.15, 0.2) is 33.9 Å². The first kappa shape index (κ1) is 22.4. The van der Waals surface area contributed by atoms with E-state index >= 15 is 0 Å². The summed E-state index contributed by atoms with van der Waals surface area (Å²) in [6.45, 7) is 3.81. The Bertz CT molecular complexity index is 1200. The van der Waals surface area contributed by atoms with Crippen molar-refractivity contribution >= 4 is 33.6 Å². The van der Waals surface area contributed by atoms with E-state index < -0.39 is 30.4 Å². The van der Waals surface area contributed by atoms with E-state index in [4.69, 9.17) is 15.5 Å². The fourth-order valence-electron chi connectivity index (χ4n) is 4.53. The zero-order valence-electron chi connectivity index (χ0n) is 17.9. The van der Waals surface area contributed by atoms with Crippen LogP contribution in [0.25, 0.3) is 0 Å². The minimum atomic E-state index is -3.20. The van der Waals surface area contributed by atoms with Gasteiger partial charge in [0.15, 0.2) is 5.13 Å². The number of hydrogen-bond acceptors (Lipinski definition) is 9. The zero-order valence-corrected chi connectivity index (χ0v) is 19.5. The van der Waals surface area contributed by atoms with Crippen molar-refractivity contribution in [1.29, 1.82) is 0 Å². The molecule has 3 aromatic rings. The number of rotatable bonds is 6. The maximum Gasteiger partial charge on any atom is 0.351 e. The lowest BCUT2D eigenvalue weighted by Gasteiger charge is -2.36. The summed E-state index contributed by atoms with van der Waals surface area (Å²) in [5.41, 5.74) is 6.71. The van der Waals surface area contributed by atoms with Crippen molar-refractivity contribution in [2.75, 3.05) is 30.7 Å². The highest BCUT2D eigenvalue weighted by atomic mass is 32.1. The number of nitrogens with zero attached hydrogens (tertiary/aromatic N) is 4. The Balaban J connectivity index is 1.40. The van der Waals surface area contributed by atoms with Gasteiger partial charge in [0.25, 0.3) is 5.92 Å². The molecule has 176 valence electrons. The number of halogens is 2. The van der Waals surface area contributed by atoms with Gasteiger partial charge in [-0.15, -0.1) is 22.7 Å². The second kappa shape index (κ2) is 8.75.